The first-order valence-electron chi connectivity index (χ1n) is 9.90. The Bertz CT molecular complexity index is 577. The van der Waals surface area contributed by atoms with Crippen LogP contribution >= 0.6 is 0 Å². The van der Waals surface area contributed by atoms with Gasteiger partial charge < -0.3 is 29.2 Å². The van der Waals surface area contributed by atoms with Crippen LogP contribution in [0.15, 0.2) is 23.3 Å². The summed E-state index contributed by atoms with van der Waals surface area (Å²) in [6, 6.07) is 3.92. The van der Waals surface area contributed by atoms with Crippen LogP contribution in [0.3, 0.4) is 0 Å². The number of nitrogens with zero attached hydrogens (tertiary/aromatic N) is 3. The Morgan fingerprint density at radius 2 is 1.96 bits per heavy atom. The molecule has 1 aromatic rings. The Balaban J connectivity index is 1.78. The topological polar surface area (TPSA) is 77.4 Å². The van der Waals surface area contributed by atoms with Crippen molar-refractivity contribution < 1.29 is 18.9 Å². The molecule has 2 rings (SSSR count). The van der Waals surface area contributed by atoms with Crippen molar-refractivity contribution in [1.29, 1.82) is 0 Å². The maximum absolute atomic E-state index is 5.94. The molecule has 28 heavy (non-hydrogen) atoms. The maximum Gasteiger partial charge on any atom is 0.218 e. The molecule has 8 nitrogen and oxygen atoms in total. The number of likely N-dealkylation sites (tertiary alicyclic amines) is 1. The lowest BCUT2D eigenvalue weighted by Gasteiger charge is -2.34. The molecule has 8 heteroatoms. The molecule has 158 valence electrons. The maximum atomic E-state index is 5.94. The Hall–Kier alpha value is -1.90. The van der Waals surface area contributed by atoms with E-state index in [9.17, 15) is 0 Å². The van der Waals surface area contributed by atoms with Gasteiger partial charge in [-0.25, -0.2) is 4.98 Å². The van der Waals surface area contributed by atoms with E-state index in [-0.39, 0.29) is 0 Å². The summed E-state index contributed by atoms with van der Waals surface area (Å²) in [4.78, 5) is 11.0. The first-order chi connectivity index (χ1) is 13.8. The normalized spacial score (nSPS) is 15.7. The third-order valence-corrected chi connectivity index (χ3v) is 4.61. The summed E-state index contributed by atoms with van der Waals surface area (Å²) in [5, 5.41) is 3.43. The summed E-state index contributed by atoms with van der Waals surface area (Å²) in [7, 11) is 5.19. The monoisotopic (exact) mass is 394 g/mol. The molecule has 0 unspecified atom stereocenters. The molecule has 1 aliphatic heterocycles. The van der Waals surface area contributed by atoms with Crippen LogP contribution in [0.4, 0.5) is 0 Å². The number of hydrogen-bond donors (Lipinski definition) is 1. The van der Waals surface area contributed by atoms with Crippen LogP contribution in [0.25, 0.3) is 0 Å². The van der Waals surface area contributed by atoms with Gasteiger partial charge in [-0.1, -0.05) is 6.07 Å². The lowest BCUT2D eigenvalue weighted by Crippen LogP contribution is -2.46. The van der Waals surface area contributed by atoms with E-state index in [1.165, 1.54) is 0 Å². The second-order valence-electron chi connectivity index (χ2n) is 6.61. The van der Waals surface area contributed by atoms with E-state index in [4.69, 9.17) is 18.9 Å². The number of aromatic nitrogens is 1. The number of hydrogen-bond acceptors (Lipinski definition) is 6. The Morgan fingerprint density at radius 3 is 2.68 bits per heavy atom. The molecular weight excluding hydrogens is 360 g/mol. The van der Waals surface area contributed by atoms with Crippen molar-refractivity contribution in [3.05, 3.63) is 23.9 Å². The number of nitrogens with one attached hydrogen (secondary N) is 1. The van der Waals surface area contributed by atoms with Gasteiger partial charge in [0.15, 0.2) is 5.96 Å². The van der Waals surface area contributed by atoms with Crippen molar-refractivity contribution >= 4 is 5.96 Å². The highest BCUT2D eigenvalue weighted by atomic mass is 16.5. The van der Waals surface area contributed by atoms with Crippen LogP contribution < -0.4 is 10.1 Å². The second-order valence-corrected chi connectivity index (χ2v) is 6.61. The van der Waals surface area contributed by atoms with Crippen LogP contribution in [-0.2, 0) is 20.8 Å². The molecule has 0 amide bonds. The van der Waals surface area contributed by atoms with E-state index in [1.807, 2.05) is 19.2 Å². The molecule has 1 aliphatic rings. The standard InChI is InChI=1S/C20H34N4O4/c1-21-20(24-10-7-18(8-11-24)27-13-5-12-25-2)23-16-17-6-4-9-22-19(17)28-15-14-26-3/h4,6,9,18H,5,7-8,10-16H2,1-3H3,(H,21,23). The van der Waals surface area contributed by atoms with Gasteiger partial charge in [-0.3, -0.25) is 4.99 Å². The van der Waals surface area contributed by atoms with Crippen molar-refractivity contribution in [3.8, 4) is 5.88 Å². The Morgan fingerprint density at radius 1 is 1.18 bits per heavy atom. The molecule has 0 atom stereocenters. The smallest absolute Gasteiger partial charge is 0.218 e. The van der Waals surface area contributed by atoms with Crippen molar-refractivity contribution in [2.75, 3.05) is 60.8 Å². The molecule has 0 radical (unpaired) electrons. The van der Waals surface area contributed by atoms with Crippen molar-refractivity contribution in [2.24, 2.45) is 4.99 Å². The highest BCUT2D eigenvalue weighted by Crippen LogP contribution is 2.16. The molecule has 0 aromatic carbocycles. The lowest BCUT2D eigenvalue weighted by molar-refractivity contribution is 0.00989. The Labute approximate surface area is 168 Å². The van der Waals surface area contributed by atoms with Crippen LogP contribution in [0.5, 0.6) is 5.88 Å². The van der Waals surface area contributed by atoms with Gasteiger partial charge in [0.25, 0.3) is 0 Å². The van der Waals surface area contributed by atoms with E-state index in [1.54, 1.807) is 20.4 Å². The number of guanidine groups is 1. The van der Waals surface area contributed by atoms with Crippen molar-refractivity contribution in [2.45, 2.75) is 31.9 Å². The summed E-state index contributed by atoms with van der Waals surface area (Å²) >= 11 is 0. The number of methoxy groups -OCH3 is 2. The molecule has 1 aromatic heterocycles. The summed E-state index contributed by atoms with van der Waals surface area (Å²) in [5.41, 5.74) is 0.996. The van der Waals surface area contributed by atoms with Gasteiger partial charge in [0.05, 0.1) is 12.7 Å². The zero-order valence-electron chi connectivity index (χ0n) is 17.4. The number of piperidine rings is 1. The molecule has 0 bridgehead atoms. The van der Waals surface area contributed by atoms with Gasteiger partial charge in [0.1, 0.15) is 6.61 Å². The fraction of sp³-hybridized carbons (Fsp3) is 0.700. The zero-order chi connectivity index (χ0) is 20.0. The van der Waals surface area contributed by atoms with E-state index < -0.39 is 0 Å². The molecule has 1 fully saturated rings. The van der Waals surface area contributed by atoms with Gasteiger partial charge >= 0.3 is 0 Å². The van der Waals surface area contributed by atoms with E-state index in [0.29, 0.717) is 31.7 Å². The first kappa shape index (κ1) is 22.4. The Kier molecular flexibility index (Phi) is 10.6. The fourth-order valence-electron chi connectivity index (χ4n) is 3.10. The molecule has 1 saturated heterocycles. The molecule has 0 saturated carbocycles. The van der Waals surface area contributed by atoms with E-state index in [0.717, 1.165) is 57.1 Å². The number of pyridine rings is 1. The van der Waals surface area contributed by atoms with Gasteiger partial charge in [-0.05, 0) is 25.3 Å². The average molecular weight is 395 g/mol. The van der Waals surface area contributed by atoms with Crippen LogP contribution in [-0.4, -0.2) is 82.7 Å². The van der Waals surface area contributed by atoms with Gasteiger partial charge in [-0.15, -0.1) is 0 Å². The molecule has 0 spiro atoms. The van der Waals surface area contributed by atoms with E-state index >= 15 is 0 Å². The minimum absolute atomic E-state index is 0.324. The zero-order valence-corrected chi connectivity index (χ0v) is 17.4. The van der Waals surface area contributed by atoms with Gasteiger partial charge in [-0.2, -0.15) is 0 Å². The SMILES string of the molecule is CN=C(NCc1cccnc1OCCOC)N1CCC(OCCCOC)CC1. The van der Waals surface area contributed by atoms with Crippen molar-refractivity contribution in [1.82, 2.24) is 15.2 Å². The minimum Gasteiger partial charge on any atom is -0.475 e. The minimum atomic E-state index is 0.324. The van der Waals surface area contributed by atoms with Crippen molar-refractivity contribution in [3.63, 3.8) is 0 Å². The van der Waals surface area contributed by atoms with E-state index in [2.05, 4.69) is 20.2 Å². The van der Waals surface area contributed by atoms with Crippen LogP contribution in [0.2, 0.25) is 0 Å². The van der Waals surface area contributed by atoms with Gasteiger partial charge in [0, 0.05) is 65.9 Å². The fourth-order valence-corrected chi connectivity index (χ4v) is 3.10. The lowest BCUT2D eigenvalue weighted by atomic mass is 10.1. The summed E-state index contributed by atoms with van der Waals surface area (Å²) < 4.78 is 21.7. The molecule has 2 heterocycles. The number of aliphatic imine (C=N–C) groups is 1. The molecular formula is C20H34N4O4. The molecule has 0 aliphatic carbocycles. The first-order valence-corrected chi connectivity index (χ1v) is 9.90. The highest BCUT2D eigenvalue weighted by Gasteiger charge is 2.22. The average Bonchev–Trinajstić information content (AvgIpc) is 2.74. The summed E-state index contributed by atoms with van der Waals surface area (Å²) in [6.45, 7) is 4.99. The van der Waals surface area contributed by atoms with Crippen LogP contribution in [0.1, 0.15) is 24.8 Å². The number of rotatable bonds is 11. The summed E-state index contributed by atoms with van der Waals surface area (Å²) in [6.07, 6.45) is 5.01. The quantitative estimate of drug-likeness (QED) is 0.348. The predicted molar refractivity (Wildman–Crippen MR) is 109 cm³/mol. The molecule has 1 N–H and O–H groups in total. The number of ether oxygens (including phenoxy) is 4. The predicted octanol–water partition coefficient (Wildman–Crippen LogP) is 1.70. The van der Waals surface area contributed by atoms with Gasteiger partial charge in [0.2, 0.25) is 5.88 Å². The van der Waals surface area contributed by atoms with Crippen LogP contribution in [0, 0.1) is 0 Å². The largest absolute Gasteiger partial charge is 0.475 e. The second kappa shape index (κ2) is 13.3. The summed E-state index contributed by atoms with van der Waals surface area (Å²) in [5.74, 6) is 1.52. The highest BCUT2D eigenvalue weighted by molar-refractivity contribution is 5.80. The third kappa shape index (κ3) is 7.61. The third-order valence-electron chi connectivity index (χ3n) is 4.61.